The van der Waals surface area contributed by atoms with Gasteiger partial charge in [0.1, 0.15) is 11.6 Å². The molecule has 2 aromatic rings. The molecule has 7 nitrogen and oxygen atoms in total. The van der Waals surface area contributed by atoms with E-state index in [0.29, 0.717) is 9.13 Å². The van der Waals surface area contributed by atoms with E-state index in [1.807, 2.05) is 0 Å². The van der Waals surface area contributed by atoms with Crippen molar-refractivity contribution < 1.29 is 19.2 Å². The zero-order chi connectivity index (χ0) is 17.7. The van der Waals surface area contributed by atoms with Crippen molar-refractivity contribution in [1.82, 2.24) is 5.43 Å². The van der Waals surface area contributed by atoms with Crippen molar-refractivity contribution in [2.75, 3.05) is 0 Å². The second-order valence-corrected chi connectivity index (χ2v) is 5.88. The molecule has 24 heavy (non-hydrogen) atoms. The number of hydrazone groups is 1. The molecular formula is C15H11FIN3O4. The second-order valence-electron chi connectivity index (χ2n) is 4.72. The molecule has 2 N–H and O–H groups in total. The number of nitrogens with one attached hydrogen (secondary N) is 1. The number of rotatable bonds is 5. The highest BCUT2D eigenvalue weighted by atomic mass is 127. The fourth-order valence-corrected chi connectivity index (χ4v) is 2.44. The molecule has 0 heterocycles. The van der Waals surface area contributed by atoms with Gasteiger partial charge < -0.3 is 5.11 Å². The summed E-state index contributed by atoms with van der Waals surface area (Å²) in [7, 11) is 0. The molecule has 124 valence electrons. The van der Waals surface area contributed by atoms with Crippen LogP contribution in [0.2, 0.25) is 0 Å². The Morgan fingerprint density at radius 3 is 2.67 bits per heavy atom. The van der Waals surface area contributed by atoms with Crippen molar-refractivity contribution in [3.05, 3.63) is 67.0 Å². The summed E-state index contributed by atoms with van der Waals surface area (Å²) in [6, 6.07) is 7.82. The van der Waals surface area contributed by atoms with Gasteiger partial charge in [-0.05, 0) is 40.3 Å². The highest BCUT2D eigenvalue weighted by Gasteiger charge is 2.13. The number of non-ortho nitro benzene ring substituents is 1. The van der Waals surface area contributed by atoms with Gasteiger partial charge >= 0.3 is 0 Å². The maximum atomic E-state index is 12.8. The number of hydrogen-bond acceptors (Lipinski definition) is 5. The van der Waals surface area contributed by atoms with Crippen molar-refractivity contribution >= 4 is 40.4 Å². The smallest absolute Gasteiger partial charge is 0.271 e. The number of nitro benzene ring substituents is 1. The summed E-state index contributed by atoms with van der Waals surface area (Å²) >= 11 is 1.76. The summed E-state index contributed by atoms with van der Waals surface area (Å²) in [5.74, 6) is -1.01. The second kappa shape index (κ2) is 7.81. The van der Waals surface area contributed by atoms with E-state index in [9.17, 15) is 24.4 Å². The van der Waals surface area contributed by atoms with Gasteiger partial charge in [-0.15, -0.1) is 0 Å². The molecule has 0 aliphatic heterocycles. The van der Waals surface area contributed by atoms with Crippen LogP contribution < -0.4 is 5.43 Å². The third-order valence-corrected chi connectivity index (χ3v) is 3.78. The molecule has 0 atom stereocenters. The van der Waals surface area contributed by atoms with Gasteiger partial charge in [0, 0.05) is 17.7 Å². The molecule has 1 amide bonds. The average Bonchev–Trinajstić information content (AvgIpc) is 2.53. The number of nitrogens with zero attached hydrogens (tertiary/aromatic N) is 2. The van der Waals surface area contributed by atoms with Gasteiger partial charge in [0.05, 0.1) is 21.1 Å². The first kappa shape index (κ1) is 17.8. The molecule has 0 radical (unpaired) electrons. The normalized spacial score (nSPS) is 10.8. The minimum absolute atomic E-state index is 0.00389. The first-order valence-electron chi connectivity index (χ1n) is 6.60. The molecule has 2 aromatic carbocycles. The Labute approximate surface area is 149 Å². The zero-order valence-electron chi connectivity index (χ0n) is 12.1. The quantitative estimate of drug-likeness (QED) is 0.321. The highest BCUT2D eigenvalue weighted by Crippen LogP contribution is 2.28. The number of benzene rings is 2. The number of amides is 1. The van der Waals surface area contributed by atoms with Crippen molar-refractivity contribution in [2.24, 2.45) is 5.10 Å². The molecule has 0 saturated heterocycles. The Morgan fingerprint density at radius 2 is 2.04 bits per heavy atom. The van der Waals surface area contributed by atoms with E-state index in [2.05, 4.69) is 10.5 Å². The minimum Gasteiger partial charge on any atom is -0.506 e. The zero-order valence-corrected chi connectivity index (χ0v) is 14.2. The van der Waals surface area contributed by atoms with Crippen LogP contribution in [0.25, 0.3) is 0 Å². The molecule has 0 spiro atoms. The lowest BCUT2D eigenvalue weighted by Gasteiger charge is -2.03. The molecule has 0 bridgehead atoms. The number of carbonyl (C=O) groups excluding carboxylic acids is 1. The predicted octanol–water partition coefficient (Wildman–Crippen LogP) is 2.74. The van der Waals surface area contributed by atoms with Crippen molar-refractivity contribution in [2.45, 2.75) is 6.42 Å². The van der Waals surface area contributed by atoms with Gasteiger partial charge in [-0.25, -0.2) is 9.82 Å². The third-order valence-electron chi connectivity index (χ3n) is 2.96. The fourth-order valence-electron chi connectivity index (χ4n) is 1.81. The van der Waals surface area contributed by atoms with Gasteiger partial charge in [-0.2, -0.15) is 5.10 Å². The van der Waals surface area contributed by atoms with Crippen LogP contribution in [0.4, 0.5) is 10.1 Å². The van der Waals surface area contributed by atoms with Crippen LogP contribution in [0.15, 0.2) is 41.5 Å². The van der Waals surface area contributed by atoms with Gasteiger partial charge in [-0.1, -0.05) is 12.1 Å². The summed E-state index contributed by atoms with van der Waals surface area (Å²) in [4.78, 5) is 21.9. The lowest BCUT2D eigenvalue weighted by atomic mass is 10.1. The maximum absolute atomic E-state index is 12.8. The fraction of sp³-hybridized carbons (Fsp3) is 0.0667. The number of carbonyl (C=O) groups is 1. The SMILES string of the molecule is O=C(Cc1ccc(F)cc1)N/N=C/c1cc([N+](=O)[O-])cc(I)c1O. The van der Waals surface area contributed by atoms with Crippen LogP contribution in [0.3, 0.4) is 0 Å². The highest BCUT2D eigenvalue weighted by molar-refractivity contribution is 14.1. The molecule has 0 saturated carbocycles. The summed E-state index contributed by atoms with van der Waals surface area (Å²) in [6.45, 7) is 0. The van der Waals surface area contributed by atoms with Crippen molar-refractivity contribution in [1.29, 1.82) is 0 Å². The number of phenols is 1. The number of nitro groups is 1. The summed E-state index contributed by atoms with van der Waals surface area (Å²) in [6.07, 6.45) is 1.11. The van der Waals surface area contributed by atoms with Crippen LogP contribution in [0.5, 0.6) is 5.75 Å². The summed E-state index contributed by atoms with van der Waals surface area (Å²) < 4.78 is 13.1. The van der Waals surface area contributed by atoms with E-state index in [4.69, 9.17) is 0 Å². The average molecular weight is 443 g/mol. The molecular weight excluding hydrogens is 432 g/mol. The molecule has 0 aliphatic carbocycles. The Kier molecular flexibility index (Phi) is 5.79. The van der Waals surface area contributed by atoms with Gasteiger partial charge in [0.2, 0.25) is 5.91 Å². The first-order chi connectivity index (χ1) is 11.4. The molecule has 0 aromatic heterocycles. The first-order valence-corrected chi connectivity index (χ1v) is 7.68. The van der Waals surface area contributed by atoms with E-state index in [-0.39, 0.29) is 23.4 Å². The standard InChI is InChI=1S/C15H11FIN3O4/c16-11-3-1-9(2-4-11)5-14(21)19-18-8-10-6-12(20(23)24)7-13(17)15(10)22/h1-4,6-8,22H,5H2,(H,19,21)/b18-8+. The number of phenolic OH excluding ortho intramolecular Hbond substituents is 1. The van der Waals surface area contributed by atoms with Crippen LogP contribution in [-0.4, -0.2) is 22.2 Å². The number of aromatic hydroxyl groups is 1. The molecule has 0 unspecified atom stereocenters. The Balaban J connectivity index is 2.04. The topological polar surface area (TPSA) is 105 Å². The van der Waals surface area contributed by atoms with Crippen LogP contribution in [0, 0.1) is 19.5 Å². The lowest BCUT2D eigenvalue weighted by Crippen LogP contribution is -2.19. The Morgan fingerprint density at radius 1 is 1.38 bits per heavy atom. The lowest BCUT2D eigenvalue weighted by molar-refractivity contribution is -0.385. The van der Waals surface area contributed by atoms with Crippen molar-refractivity contribution in [3.63, 3.8) is 0 Å². The molecule has 2 rings (SSSR count). The van der Waals surface area contributed by atoms with Crippen molar-refractivity contribution in [3.8, 4) is 5.75 Å². The van der Waals surface area contributed by atoms with Crippen LogP contribution in [-0.2, 0) is 11.2 Å². The number of hydrogen-bond donors (Lipinski definition) is 2. The third kappa shape index (κ3) is 4.72. The van der Waals surface area contributed by atoms with Crippen LogP contribution in [0.1, 0.15) is 11.1 Å². The Bertz CT molecular complexity index is 809. The minimum atomic E-state index is -0.591. The van der Waals surface area contributed by atoms with Gasteiger partial charge in [0.15, 0.2) is 0 Å². The molecule has 0 aliphatic rings. The van der Waals surface area contributed by atoms with Gasteiger partial charge in [0.25, 0.3) is 5.69 Å². The monoisotopic (exact) mass is 443 g/mol. The maximum Gasteiger partial charge on any atom is 0.271 e. The Hall–Kier alpha value is -2.56. The van der Waals surface area contributed by atoms with E-state index in [0.717, 1.165) is 12.3 Å². The number of halogens is 2. The molecule has 9 heteroatoms. The summed E-state index contributed by atoms with van der Waals surface area (Å²) in [5, 5.41) is 24.3. The largest absolute Gasteiger partial charge is 0.506 e. The summed E-state index contributed by atoms with van der Waals surface area (Å²) in [5.41, 5.74) is 2.76. The van der Waals surface area contributed by atoms with Crippen LogP contribution >= 0.6 is 22.6 Å². The predicted molar refractivity (Wildman–Crippen MR) is 93.3 cm³/mol. The van der Waals surface area contributed by atoms with E-state index >= 15 is 0 Å². The van der Waals surface area contributed by atoms with E-state index < -0.39 is 16.6 Å². The van der Waals surface area contributed by atoms with Gasteiger partial charge in [-0.3, -0.25) is 14.9 Å². The molecule has 0 fully saturated rings. The van der Waals surface area contributed by atoms with E-state index in [1.54, 1.807) is 22.6 Å². The van der Waals surface area contributed by atoms with E-state index in [1.165, 1.54) is 30.3 Å².